The summed E-state index contributed by atoms with van der Waals surface area (Å²) in [6.07, 6.45) is 0. The first kappa shape index (κ1) is 25.8. The monoisotopic (exact) mass is 528 g/mol. The van der Waals surface area contributed by atoms with Crippen molar-refractivity contribution < 1.29 is 5.11 Å². The van der Waals surface area contributed by atoms with Crippen LogP contribution in [0.1, 0.15) is 56.4 Å². The van der Waals surface area contributed by atoms with E-state index in [9.17, 15) is 5.11 Å². The molecule has 0 spiro atoms. The minimum atomic E-state index is 0.213. The average molecular weight is 529 g/mol. The first-order valence-corrected chi connectivity index (χ1v) is 14.1. The molecule has 0 saturated heterocycles. The molecule has 1 aromatic heterocycles. The largest absolute Gasteiger partial charge is 0.506 e. The molecule has 0 amide bonds. The van der Waals surface area contributed by atoms with Crippen LogP contribution in [0.2, 0.25) is 0 Å². The lowest BCUT2D eigenvalue weighted by molar-refractivity contribution is 0.470. The molecule has 5 nitrogen and oxygen atoms in total. The minimum Gasteiger partial charge on any atom is -0.506 e. The van der Waals surface area contributed by atoms with Gasteiger partial charge in [0.15, 0.2) is 0 Å². The van der Waals surface area contributed by atoms with E-state index < -0.39 is 0 Å². The number of phenols is 1. The van der Waals surface area contributed by atoms with Crippen LogP contribution in [0.3, 0.4) is 0 Å². The quantitative estimate of drug-likeness (QED) is 0.239. The van der Waals surface area contributed by atoms with Crippen molar-refractivity contribution in [3.63, 3.8) is 0 Å². The molecule has 4 aromatic carbocycles. The Labute approximate surface area is 236 Å². The Hall–Kier alpha value is -4.51. The van der Waals surface area contributed by atoms with Crippen molar-refractivity contribution in [1.29, 1.82) is 0 Å². The van der Waals surface area contributed by atoms with Gasteiger partial charge in [-0.3, -0.25) is 0 Å². The van der Waals surface area contributed by atoms with Crippen molar-refractivity contribution in [2.75, 3.05) is 16.5 Å². The van der Waals surface area contributed by atoms with Gasteiger partial charge in [0, 0.05) is 22.6 Å². The number of fused-ring (bicyclic) bond motifs is 1. The molecule has 5 aromatic rings. The van der Waals surface area contributed by atoms with Gasteiger partial charge in [-0.25, -0.2) is 4.68 Å². The van der Waals surface area contributed by atoms with Crippen molar-refractivity contribution in [3.8, 4) is 22.7 Å². The van der Waals surface area contributed by atoms with Gasteiger partial charge in [0.05, 0.1) is 17.1 Å². The maximum atomic E-state index is 10.4. The second kappa shape index (κ2) is 10.2. The van der Waals surface area contributed by atoms with Gasteiger partial charge < -0.3 is 14.9 Å². The Bertz CT molecular complexity index is 1660. The number of rotatable bonds is 6. The molecule has 0 radical (unpaired) electrons. The fourth-order valence-corrected chi connectivity index (χ4v) is 5.79. The van der Waals surface area contributed by atoms with Crippen LogP contribution < -0.4 is 9.80 Å². The first-order valence-electron chi connectivity index (χ1n) is 14.1. The number of benzene rings is 4. The topological polar surface area (TPSA) is 44.5 Å². The third-order valence-corrected chi connectivity index (χ3v) is 7.81. The Morgan fingerprint density at radius 3 is 1.93 bits per heavy atom. The van der Waals surface area contributed by atoms with Crippen molar-refractivity contribution in [2.45, 2.75) is 46.5 Å². The zero-order valence-corrected chi connectivity index (χ0v) is 23.8. The van der Waals surface area contributed by atoms with Crippen LogP contribution in [-0.2, 0) is 0 Å². The van der Waals surface area contributed by atoms with Crippen LogP contribution in [0.5, 0.6) is 5.75 Å². The van der Waals surface area contributed by atoms with Gasteiger partial charge in [0.2, 0.25) is 0 Å². The Kier molecular flexibility index (Phi) is 6.59. The number of aryl methyl sites for hydroxylation is 1. The van der Waals surface area contributed by atoms with Crippen LogP contribution in [-0.4, -0.2) is 21.6 Å². The van der Waals surface area contributed by atoms with Crippen LogP contribution in [0.25, 0.3) is 16.9 Å². The van der Waals surface area contributed by atoms with Gasteiger partial charge in [-0.2, -0.15) is 5.10 Å². The molecule has 0 aliphatic carbocycles. The summed E-state index contributed by atoms with van der Waals surface area (Å²) in [6, 6.07) is 33.4. The molecule has 1 aliphatic rings. The number of hydrogen-bond acceptors (Lipinski definition) is 4. The summed E-state index contributed by atoms with van der Waals surface area (Å²) in [5, 5.41) is 15.3. The number of para-hydroxylation sites is 5. The molecule has 40 heavy (non-hydrogen) atoms. The van der Waals surface area contributed by atoms with E-state index in [0.717, 1.165) is 29.3 Å². The standard InChI is InChI=1S/C35H36N4O/c1-23(2)28-14-11-15-29(24(3)4)35(28)38-22-37(31-16-6-7-17-32(31)38)27-13-10-12-26(21-27)30-20-25(5)39(36-30)33-18-8-9-19-34(33)40/h6-21,23-24,40H,22H2,1-5H3. The third-order valence-electron chi connectivity index (χ3n) is 7.81. The number of hydrogen-bond donors (Lipinski definition) is 1. The van der Waals surface area contributed by atoms with Crippen LogP contribution in [0.4, 0.5) is 22.7 Å². The van der Waals surface area contributed by atoms with Gasteiger partial charge >= 0.3 is 0 Å². The molecule has 0 fully saturated rings. The molecule has 1 N–H and O–H groups in total. The Balaban J connectivity index is 1.41. The average Bonchev–Trinajstić information content (AvgIpc) is 3.54. The van der Waals surface area contributed by atoms with E-state index in [4.69, 9.17) is 5.10 Å². The smallest absolute Gasteiger partial charge is 0.141 e. The lowest BCUT2D eigenvalue weighted by Gasteiger charge is -2.29. The van der Waals surface area contributed by atoms with Crippen LogP contribution in [0.15, 0.2) is 97.1 Å². The molecule has 0 atom stereocenters. The van der Waals surface area contributed by atoms with Crippen LogP contribution >= 0.6 is 0 Å². The van der Waals surface area contributed by atoms with E-state index in [1.165, 1.54) is 28.2 Å². The number of aromatic nitrogens is 2. The summed E-state index contributed by atoms with van der Waals surface area (Å²) in [6.45, 7) is 11.9. The lowest BCUT2D eigenvalue weighted by atomic mass is 9.92. The van der Waals surface area contributed by atoms with Gasteiger partial charge in [-0.1, -0.05) is 82.3 Å². The third kappa shape index (κ3) is 4.41. The van der Waals surface area contributed by atoms with Crippen molar-refractivity contribution in [3.05, 3.63) is 114 Å². The second-order valence-corrected chi connectivity index (χ2v) is 11.2. The van der Waals surface area contributed by atoms with Crippen LogP contribution in [0, 0.1) is 6.92 Å². The van der Waals surface area contributed by atoms with E-state index >= 15 is 0 Å². The fraction of sp³-hybridized carbons (Fsp3) is 0.229. The molecule has 0 saturated carbocycles. The fourth-order valence-electron chi connectivity index (χ4n) is 5.79. The zero-order chi connectivity index (χ0) is 28.0. The van der Waals surface area contributed by atoms with Gasteiger partial charge in [0.1, 0.15) is 18.1 Å². The van der Waals surface area contributed by atoms with Gasteiger partial charge in [-0.05, 0) is 72.4 Å². The normalized spacial score (nSPS) is 13.0. The highest BCUT2D eigenvalue weighted by atomic mass is 16.3. The number of aromatic hydroxyl groups is 1. The molecular formula is C35H36N4O. The molecule has 6 rings (SSSR count). The van der Waals surface area contributed by atoms with Gasteiger partial charge in [-0.15, -0.1) is 0 Å². The van der Waals surface area contributed by atoms with E-state index in [1.807, 2.05) is 25.1 Å². The van der Waals surface area contributed by atoms with E-state index in [0.29, 0.717) is 17.5 Å². The molecule has 5 heteroatoms. The summed E-state index contributed by atoms with van der Waals surface area (Å²) in [4.78, 5) is 4.89. The minimum absolute atomic E-state index is 0.213. The number of phenolic OH excluding ortho intramolecular Hbond substituents is 1. The highest BCUT2D eigenvalue weighted by Crippen LogP contribution is 2.48. The van der Waals surface area contributed by atoms with E-state index in [2.05, 4.69) is 110 Å². The summed E-state index contributed by atoms with van der Waals surface area (Å²) in [7, 11) is 0. The SMILES string of the molecule is Cc1cc(-c2cccc(N3CN(c4c(C(C)C)cccc4C(C)C)c4ccccc43)c2)nn1-c1ccccc1O. The highest BCUT2D eigenvalue weighted by Gasteiger charge is 2.31. The predicted octanol–water partition coefficient (Wildman–Crippen LogP) is 9.05. The molecule has 2 heterocycles. The summed E-state index contributed by atoms with van der Waals surface area (Å²) < 4.78 is 1.81. The molecular weight excluding hydrogens is 492 g/mol. The summed E-state index contributed by atoms with van der Waals surface area (Å²) in [5.74, 6) is 1.05. The molecule has 202 valence electrons. The highest BCUT2D eigenvalue weighted by molar-refractivity contribution is 5.89. The number of anilines is 4. The van der Waals surface area contributed by atoms with E-state index in [-0.39, 0.29) is 5.75 Å². The van der Waals surface area contributed by atoms with Gasteiger partial charge in [0.25, 0.3) is 0 Å². The van der Waals surface area contributed by atoms with Crippen molar-refractivity contribution in [2.24, 2.45) is 0 Å². The molecule has 0 unspecified atom stereocenters. The molecule has 1 aliphatic heterocycles. The summed E-state index contributed by atoms with van der Waals surface area (Å²) in [5.41, 5.74) is 11.2. The number of nitrogens with zero attached hydrogens (tertiary/aromatic N) is 4. The summed E-state index contributed by atoms with van der Waals surface area (Å²) >= 11 is 0. The Morgan fingerprint density at radius 2 is 1.27 bits per heavy atom. The lowest BCUT2D eigenvalue weighted by Crippen LogP contribution is -2.26. The Morgan fingerprint density at radius 1 is 0.675 bits per heavy atom. The van der Waals surface area contributed by atoms with Crippen molar-refractivity contribution in [1.82, 2.24) is 9.78 Å². The zero-order valence-electron chi connectivity index (χ0n) is 23.8. The second-order valence-electron chi connectivity index (χ2n) is 11.2. The molecule has 0 bridgehead atoms. The first-order chi connectivity index (χ1) is 19.3. The maximum absolute atomic E-state index is 10.4. The predicted molar refractivity (Wildman–Crippen MR) is 166 cm³/mol. The maximum Gasteiger partial charge on any atom is 0.141 e. The van der Waals surface area contributed by atoms with E-state index in [1.54, 1.807) is 10.7 Å². The van der Waals surface area contributed by atoms with Crippen molar-refractivity contribution >= 4 is 22.7 Å².